The number of aromatic nitrogens is 5. The van der Waals surface area contributed by atoms with Crippen LogP contribution in [0.5, 0.6) is 0 Å². The van der Waals surface area contributed by atoms with Gasteiger partial charge in [0.2, 0.25) is 0 Å². The SMILES string of the molecule is N#Cc1cnc2ccc(-c3cn[nH]c3-c3cccc(C(F)(F)F)n3)cn12. The van der Waals surface area contributed by atoms with Gasteiger partial charge in [-0.2, -0.15) is 23.5 Å². The van der Waals surface area contributed by atoms with E-state index in [4.69, 9.17) is 5.26 Å². The fourth-order valence-corrected chi connectivity index (χ4v) is 2.65. The molecule has 128 valence electrons. The zero-order chi connectivity index (χ0) is 18.3. The summed E-state index contributed by atoms with van der Waals surface area (Å²) >= 11 is 0. The lowest BCUT2D eigenvalue weighted by Gasteiger charge is -2.08. The average molecular weight is 354 g/mol. The van der Waals surface area contributed by atoms with Crippen LogP contribution in [0, 0.1) is 11.3 Å². The normalized spacial score (nSPS) is 11.6. The van der Waals surface area contributed by atoms with Gasteiger partial charge in [-0.25, -0.2) is 9.97 Å². The fraction of sp³-hybridized carbons (Fsp3) is 0.0588. The first-order valence-electron chi connectivity index (χ1n) is 7.43. The van der Waals surface area contributed by atoms with E-state index in [0.29, 0.717) is 28.2 Å². The molecule has 0 atom stereocenters. The summed E-state index contributed by atoms with van der Waals surface area (Å²) in [4.78, 5) is 7.80. The zero-order valence-electron chi connectivity index (χ0n) is 13.0. The molecule has 0 saturated heterocycles. The molecule has 6 nitrogen and oxygen atoms in total. The highest BCUT2D eigenvalue weighted by atomic mass is 19.4. The molecule has 0 bridgehead atoms. The Morgan fingerprint density at radius 1 is 1.12 bits per heavy atom. The molecule has 0 spiro atoms. The second-order valence-corrected chi connectivity index (χ2v) is 5.47. The highest BCUT2D eigenvalue weighted by Gasteiger charge is 2.32. The van der Waals surface area contributed by atoms with E-state index in [2.05, 4.69) is 20.2 Å². The van der Waals surface area contributed by atoms with Crippen LogP contribution in [0.1, 0.15) is 11.4 Å². The Balaban J connectivity index is 1.85. The molecular formula is C17H9F3N6. The summed E-state index contributed by atoms with van der Waals surface area (Å²) in [6.07, 6.45) is 0.0988. The van der Waals surface area contributed by atoms with Crippen molar-refractivity contribution in [3.05, 3.63) is 60.3 Å². The van der Waals surface area contributed by atoms with Gasteiger partial charge in [-0.1, -0.05) is 6.07 Å². The van der Waals surface area contributed by atoms with Crippen LogP contribution in [0.25, 0.3) is 28.2 Å². The van der Waals surface area contributed by atoms with Crippen LogP contribution in [-0.2, 0) is 6.18 Å². The zero-order valence-corrected chi connectivity index (χ0v) is 13.0. The number of aromatic amines is 1. The number of hydrogen-bond acceptors (Lipinski definition) is 4. The second-order valence-electron chi connectivity index (χ2n) is 5.47. The molecule has 4 rings (SSSR count). The van der Waals surface area contributed by atoms with Gasteiger partial charge in [-0.15, -0.1) is 0 Å². The summed E-state index contributed by atoms with van der Waals surface area (Å²) in [5.74, 6) is 0. The molecule has 0 aliphatic rings. The maximum absolute atomic E-state index is 12.9. The largest absolute Gasteiger partial charge is 0.433 e. The van der Waals surface area contributed by atoms with Crippen LogP contribution < -0.4 is 0 Å². The van der Waals surface area contributed by atoms with Crippen LogP contribution in [-0.4, -0.2) is 24.6 Å². The quantitative estimate of drug-likeness (QED) is 0.595. The molecule has 0 fully saturated rings. The lowest BCUT2D eigenvalue weighted by atomic mass is 10.1. The smallest absolute Gasteiger partial charge is 0.291 e. The van der Waals surface area contributed by atoms with E-state index in [1.807, 2.05) is 6.07 Å². The predicted octanol–water partition coefficient (Wildman–Crippen LogP) is 3.68. The lowest BCUT2D eigenvalue weighted by Crippen LogP contribution is -2.08. The Bertz CT molecular complexity index is 1150. The molecule has 4 aromatic heterocycles. The van der Waals surface area contributed by atoms with Crippen LogP contribution >= 0.6 is 0 Å². The number of imidazole rings is 1. The number of H-pyrrole nitrogens is 1. The van der Waals surface area contributed by atoms with E-state index in [0.717, 1.165) is 6.07 Å². The lowest BCUT2D eigenvalue weighted by molar-refractivity contribution is -0.141. The maximum atomic E-state index is 12.9. The minimum atomic E-state index is -4.53. The van der Waals surface area contributed by atoms with Crippen molar-refractivity contribution in [2.24, 2.45) is 0 Å². The van der Waals surface area contributed by atoms with Crippen molar-refractivity contribution in [1.29, 1.82) is 5.26 Å². The number of nitrogens with zero attached hydrogens (tertiary/aromatic N) is 5. The number of rotatable bonds is 2. The number of fused-ring (bicyclic) bond motifs is 1. The van der Waals surface area contributed by atoms with E-state index < -0.39 is 11.9 Å². The molecule has 0 amide bonds. The summed E-state index contributed by atoms with van der Waals surface area (Å²) < 4.78 is 40.4. The molecule has 0 saturated carbocycles. The Morgan fingerprint density at radius 2 is 1.96 bits per heavy atom. The van der Waals surface area contributed by atoms with Crippen molar-refractivity contribution in [3.8, 4) is 28.6 Å². The first-order valence-corrected chi connectivity index (χ1v) is 7.43. The van der Waals surface area contributed by atoms with Crippen molar-refractivity contribution < 1.29 is 13.2 Å². The predicted molar refractivity (Wildman–Crippen MR) is 85.7 cm³/mol. The minimum absolute atomic E-state index is 0.124. The van der Waals surface area contributed by atoms with Crippen molar-refractivity contribution in [1.82, 2.24) is 24.6 Å². The van der Waals surface area contributed by atoms with E-state index in [-0.39, 0.29) is 5.69 Å². The molecule has 0 aliphatic heterocycles. The van der Waals surface area contributed by atoms with Crippen molar-refractivity contribution in [2.45, 2.75) is 6.18 Å². The molecule has 0 radical (unpaired) electrons. The molecule has 4 aromatic rings. The number of alkyl halides is 3. The maximum Gasteiger partial charge on any atom is 0.433 e. The second kappa shape index (κ2) is 5.70. The fourth-order valence-electron chi connectivity index (χ4n) is 2.65. The van der Waals surface area contributed by atoms with Gasteiger partial charge in [0.05, 0.1) is 23.8 Å². The average Bonchev–Trinajstić information content (AvgIpc) is 3.27. The number of nitrogens with one attached hydrogen (secondary N) is 1. The van der Waals surface area contributed by atoms with Gasteiger partial charge >= 0.3 is 6.18 Å². The standard InChI is InChI=1S/C17H9F3N6/c18-17(19,20)14-3-1-2-13(24-14)16-12(8-23-25-16)10-4-5-15-22-7-11(6-21)26(15)9-10/h1-5,7-9H,(H,23,25). The number of pyridine rings is 2. The summed E-state index contributed by atoms with van der Waals surface area (Å²) in [5.41, 5.74) is 1.67. The van der Waals surface area contributed by atoms with Gasteiger partial charge in [0.15, 0.2) is 0 Å². The number of nitriles is 1. The Hall–Kier alpha value is -3.67. The van der Waals surface area contributed by atoms with Gasteiger partial charge in [0, 0.05) is 17.3 Å². The van der Waals surface area contributed by atoms with Crippen LogP contribution in [0.2, 0.25) is 0 Å². The van der Waals surface area contributed by atoms with Gasteiger partial charge < -0.3 is 0 Å². The van der Waals surface area contributed by atoms with Gasteiger partial charge in [-0.3, -0.25) is 9.50 Å². The van der Waals surface area contributed by atoms with E-state index >= 15 is 0 Å². The third kappa shape index (κ3) is 2.57. The van der Waals surface area contributed by atoms with Crippen LogP contribution in [0.3, 0.4) is 0 Å². The van der Waals surface area contributed by atoms with Gasteiger partial charge in [0.25, 0.3) is 0 Å². The number of halogens is 3. The Morgan fingerprint density at radius 3 is 2.73 bits per heavy atom. The third-order valence-corrected chi connectivity index (χ3v) is 3.87. The molecule has 9 heteroatoms. The van der Waals surface area contributed by atoms with Gasteiger partial charge in [-0.05, 0) is 24.3 Å². The van der Waals surface area contributed by atoms with E-state index in [9.17, 15) is 13.2 Å². The van der Waals surface area contributed by atoms with E-state index in [1.54, 1.807) is 22.7 Å². The van der Waals surface area contributed by atoms with E-state index in [1.165, 1.54) is 24.5 Å². The number of hydrogen-bond donors (Lipinski definition) is 1. The highest BCUT2D eigenvalue weighted by Crippen LogP contribution is 2.32. The Kier molecular flexibility index (Phi) is 3.47. The third-order valence-electron chi connectivity index (χ3n) is 3.87. The summed E-state index contributed by atoms with van der Waals surface area (Å²) in [7, 11) is 0. The molecule has 4 heterocycles. The van der Waals surface area contributed by atoms with Crippen molar-refractivity contribution in [2.75, 3.05) is 0 Å². The summed E-state index contributed by atoms with van der Waals surface area (Å²) in [6, 6.07) is 9.18. The summed E-state index contributed by atoms with van der Waals surface area (Å²) in [5, 5.41) is 15.8. The highest BCUT2D eigenvalue weighted by molar-refractivity contribution is 5.79. The summed E-state index contributed by atoms with van der Waals surface area (Å²) in [6.45, 7) is 0. The van der Waals surface area contributed by atoms with Crippen molar-refractivity contribution >= 4 is 5.65 Å². The van der Waals surface area contributed by atoms with Crippen LogP contribution in [0.4, 0.5) is 13.2 Å². The molecule has 26 heavy (non-hydrogen) atoms. The minimum Gasteiger partial charge on any atom is -0.291 e. The molecule has 0 aromatic carbocycles. The monoisotopic (exact) mass is 354 g/mol. The topological polar surface area (TPSA) is 82.7 Å². The molecule has 0 aliphatic carbocycles. The van der Waals surface area contributed by atoms with Gasteiger partial charge in [0.1, 0.15) is 23.1 Å². The van der Waals surface area contributed by atoms with Crippen molar-refractivity contribution in [3.63, 3.8) is 0 Å². The molecular weight excluding hydrogens is 345 g/mol. The van der Waals surface area contributed by atoms with Crippen LogP contribution in [0.15, 0.2) is 48.9 Å². The first-order chi connectivity index (χ1) is 12.5. The molecule has 0 unspecified atom stereocenters. The molecule has 1 N–H and O–H groups in total. The Labute approximate surface area is 144 Å². The first kappa shape index (κ1) is 15.8.